The van der Waals surface area contributed by atoms with Gasteiger partial charge in [0.1, 0.15) is 11.6 Å². The van der Waals surface area contributed by atoms with Gasteiger partial charge in [-0.25, -0.2) is 4.98 Å². The maximum Gasteiger partial charge on any atom is 0.137 e. The topological polar surface area (TPSA) is 37.4 Å². The summed E-state index contributed by atoms with van der Waals surface area (Å²) in [5.41, 5.74) is 2.29. The molecule has 1 heterocycles. The van der Waals surface area contributed by atoms with Gasteiger partial charge in [0.15, 0.2) is 0 Å². The van der Waals surface area contributed by atoms with Gasteiger partial charge in [-0.2, -0.15) is 0 Å². The molecule has 2 rings (SSSR count). The molecule has 0 radical (unpaired) electrons. The van der Waals surface area contributed by atoms with Crippen LogP contribution in [0.4, 0.5) is 11.5 Å². The number of nitrogens with one attached hydrogen (secondary N) is 1. The van der Waals surface area contributed by atoms with Crippen molar-refractivity contribution in [1.82, 2.24) is 10.3 Å². The summed E-state index contributed by atoms with van der Waals surface area (Å²) in [5.74, 6) is 1.84. The van der Waals surface area contributed by atoms with Crippen LogP contribution in [0.5, 0.6) is 5.75 Å². The van der Waals surface area contributed by atoms with Gasteiger partial charge >= 0.3 is 0 Å². The zero-order valence-corrected chi connectivity index (χ0v) is 13.0. The standard InChI is InChI=1S/C17H23N3O/c1-4-11-18-13-14-6-5-12-19-17(14)20(2)15-7-9-16(21-3)10-8-15/h5-10,12,18H,4,11,13H2,1-3H3. The first-order valence-corrected chi connectivity index (χ1v) is 7.28. The van der Waals surface area contributed by atoms with Gasteiger partial charge in [-0.05, 0) is 43.3 Å². The van der Waals surface area contributed by atoms with E-state index in [-0.39, 0.29) is 0 Å². The van der Waals surface area contributed by atoms with Crippen molar-refractivity contribution < 1.29 is 4.74 Å². The number of hydrogen-bond donors (Lipinski definition) is 1. The molecule has 4 nitrogen and oxygen atoms in total. The average Bonchev–Trinajstić information content (AvgIpc) is 2.55. The maximum atomic E-state index is 5.20. The Morgan fingerprint density at radius 1 is 1.19 bits per heavy atom. The van der Waals surface area contributed by atoms with Gasteiger partial charge in [-0.1, -0.05) is 13.0 Å². The number of anilines is 2. The SMILES string of the molecule is CCCNCc1cccnc1N(C)c1ccc(OC)cc1. The van der Waals surface area contributed by atoms with Crippen molar-refractivity contribution >= 4 is 11.5 Å². The molecule has 1 N–H and O–H groups in total. The molecule has 0 bridgehead atoms. The number of rotatable bonds is 7. The lowest BCUT2D eigenvalue weighted by molar-refractivity contribution is 0.415. The van der Waals surface area contributed by atoms with E-state index in [1.807, 2.05) is 43.6 Å². The second kappa shape index (κ2) is 7.64. The second-order valence-corrected chi connectivity index (χ2v) is 4.92. The van der Waals surface area contributed by atoms with Crippen molar-refractivity contribution in [2.75, 3.05) is 25.6 Å². The Morgan fingerprint density at radius 2 is 1.95 bits per heavy atom. The highest BCUT2D eigenvalue weighted by Crippen LogP contribution is 2.26. The summed E-state index contributed by atoms with van der Waals surface area (Å²) < 4.78 is 5.20. The minimum absolute atomic E-state index is 0.831. The normalized spacial score (nSPS) is 10.4. The van der Waals surface area contributed by atoms with Gasteiger partial charge in [0.05, 0.1) is 7.11 Å². The Balaban J connectivity index is 2.19. The monoisotopic (exact) mass is 285 g/mol. The van der Waals surface area contributed by atoms with E-state index < -0.39 is 0 Å². The Hall–Kier alpha value is -2.07. The van der Waals surface area contributed by atoms with Crippen LogP contribution in [-0.4, -0.2) is 25.7 Å². The number of aromatic nitrogens is 1. The zero-order chi connectivity index (χ0) is 15.1. The summed E-state index contributed by atoms with van der Waals surface area (Å²) in [6.45, 7) is 4.01. The first kappa shape index (κ1) is 15.3. The van der Waals surface area contributed by atoms with Gasteiger partial charge in [0.25, 0.3) is 0 Å². The number of benzene rings is 1. The summed E-state index contributed by atoms with van der Waals surface area (Å²) in [7, 11) is 3.71. The summed E-state index contributed by atoms with van der Waals surface area (Å²) in [5, 5.41) is 3.43. The molecule has 0 fully saturated rings. The van der Waals surface area contributed by atoms with Crippen molar-refractivity contribution in [3.8, 4) is 5.75 Å². The van der Waals surface area contributed by atoms with Crippen LogP contribution < -0.4 is 15.0 Å². The minimum Gasteiger partial charge on any atom is -0.497 e. The molecule has 0 amide bonds. The molecule has 0 aliphatic rings. The van der Waals surface area contributed by atoms with E-state index in [0.29, 0.717) is 0 Å². The second-order valence-electron chi connectivity index (χ2n) is 4.92. The summed E-state index contributed by atoms with van der Waals surface area (Å²) in [4.78, 5) is 6.63. The summed E-state index contributed by atoms with van der Waals surface area (Å²) in [6, 6.07) is 12.1. The van der Waals surface area contributed by atoms with Crippen molar-refractivity contribution in [2.45, 2.75) is 19.9 Å². The smallest absolute Gasteiger partial charge is 0.137 e. The van der Waals surface area contributed by atoms with Crippen LogP contribution in [-0.2, 0) is 6.54 Å². The van der Waals surface area contributed by atoms with Gasteiger partial charge in [-0.15, -0.1) is 0 Å². The van der Waals surface area contributed by atoms with Crippen LogP contribution in [0.2, 0.25) is 0 Å². The van der Waals surface area contributed by atoms with Gasteiger partial charge < -0.3 is 15.0 Å². The fourth-order valence-electron chi connectivity index (χ4n) is 2.20. The van der Waals surface area contributed by atoms with Crippen LogP contribution in [0.1, 0.15) is 18.9 Å². The van der Waals surface area contributed by atoms with Crippen LogP contribution in [0.25, 0.3) is 0 Å². The molecule has 0 saturated heterocycles. The third kappa shape index (κ3) is 3.95. The summed E-state index contributed by atoms with van der Waals surface area (Å²) in [6.07, 6.45) is 2.96. The van der Waals surface area contributed by atoms with Crippen molar-refractivity contribution in [3.05, 3.63) is 48.2 Å². The lowest BCUT2D eigenvalue weighted by atomic mass is 10.2. The van der Waals surface area contributed by atoms with E-state index in [4.69, 9.17) is 4.74 Å². The predicted molar refractivity (Wildman–Crippen MR) is 87.3 cm³/mol. The highest BCUT2D eigenvalue weighted by molar-refractivity contribution is 5.62. The average molecular weight is 285 g/mol. The van der Waals surface area contributed by atoms with Gasteiger partial charge in [0, 0.05) is 31.0 Å². The first-order valence-electron chi connectivity index (χ1n) is 7.28. The molecular formula is C17H23N3O. The van der Waals surface area contributed by atoms with E-state index in [0.717, 1.165) is 36.8 Å². The Labute approximate surface area is 126 Å². The summed E-state index contributed by atoms with van der Waals surface area (Å²) >= 11 is 0. The fourth-order valence-corrected chi connectivity index (χ4v) is 2.20. The van der Waals surface area contributed by atoms with Crippen molar-refractivity contribution in [3.63, 3.8) is 0 Å². The van der Waals surface area contributed by atoms with E-state index in [2.05, 4.69) is 28.2 Å². The van der Waals surface area contributed by atoms with E-state index in [1.54, 1.807) is 7.11 Å². The molecule has 0 atom stereocenters. The molecule has 0 aliphatic heterocycles. The highest BCUT2D eigenvalue weighted by Gasteiger charge is 2.10. The number of hydrogen-bond acceptors (Lipinski definition) is 4. The minimum atomic E-state index is 0.831. The quantitative estimate of drug-likeness (QED) is 0.792. The van der Waals surface area contributed by atoms with Crippen molar-refractivity contribution in [2.24, 2.45) is 0 Å². The molecule has 0 unspecified atom stereocenters. The van der Waals surface area contributed by atoms with Crippen LogP contribution in [0, 0.1) is 0 Å². The molecule has 0 saturated carbocycles. The maximum absolute atomic E-state index is 5.20. The molecule has 4 heteroatoms. The van der Waals surface area contributed by atoms with Crippen LogP contribution >= 0.6 is 0 Å². The Bertz CT molecular complexity index is 554. The molecule has 2 aromatic rings. The van der Waals surface area contributed by atoms with Crippen molar-refractivity contribution in [1.29, 1.82) is 0 Å². The van der Waals surface area contributed by atoms with Gasteiger partial charge in [-0.3, -0.25) is 0 Å². The lowest BCUT2D eigenvalue weighted by Crippen LogP contribution is -2.19. The van der Waals surface area contributed by atoms with Gasteiger partial charge in [0.2, 0.25) is 0 Å². The molecule has 112 valence electrons. The van der Waals surface area contributed by atoms with Crippen LogP contribution in [0.15, 0.2) is 42.6 Å². The number of nitrogens with zero attached hydrogens (tertiary/aromatic N) is 2. The highest BCUT2D eigenvalue weighted by atomic mass is 16.5. The molecule has 1 aromatic carbocycles. The Morgan fingerprint density at radius 3 is 2.62 bits per heavy atom. The number of ether oxygens (including phenoxy) is 1. The molecule has 1 aromatic heterocycles. The zero-order valence-electron chi connectivity index (χ0n) is 13.0. The predicted octanol–water partition coefficient (Wildman–Crippen LogP) is 3.36. The Kier molecular flexibility index (Phi) is 5.58. The molecule has 0 aliphatic carbocycles. The van der Waals surface area contributed by atoms with E-state index in [9.17, 15) is 0 Å². The van der Waals surface area contributed by atoms with E-state index >= 15 is 0 Å². The van der Waals surface area contributed by atoms with Crippen LogP contribution in [0.3, 0.4) is 0 Å². The molecule has 21 heavy (non-hydrogen) atoms. The largest absolute Gasteiger partial charge is 0.497 e. The number of pyridine rings is 1. The van der Waals surface area contributed by atoms with E-state index in [1.165, 1.54) is 5.56 Å². The lowest BCUT2D eigenvalue weighted by Gasteiger charge is -2.21. The molecular weight excluding hydrogens is 262 g/mol. The number of methoxy groups -OCH3 is 1. The first-order chi connectivity index (χ1) is 10.3. The third-order valence-corrected chi connectivity index (χ3v) is 3.39. The molecule has 0 spiro atoms. The fraction of sp³-hybridized carbons (Fsp3) is 0.353. The third-order valence-electron chi connectivity index (χ3n) is 3.39.